The van der Waals surface area contributed by atoms with Crippen molar-refractivity contribution >= 4 is 45.6 Å². The number of halogens is 1. The quantitative estimate of drug-likeness (QED) is 0.129. The Labute approximate surface area is 182 Å². The van der Waals surface area contributed by atoms with Crippen molar-refractivity contribution < 1.29 is 18.1 Å². The summed E-state index contributed by atoms with van der Waals surface area (Å²) in [6.45, 7) is 2.77. The average Bonchev–Trinajstić information content (AvgIpc) is 3.14. The predicted octanol–water partition coefficient (Wildman–Crippen LogP) is 1.03. The van der Waals surface area contributed by atoms with Crippen molar-refractivity contribution in [3.63, 3.8) is 0 Å². The molecule has 1 heterocycles. The summed E-state index contributed by atoms with van der Waals surface area (Å²) < 4.78 is 32.3. The molecule has 0 bridgehead atoms. The van der Waals surface area contributed by atoms with Gasteiger partial charge in [-0.05, 0) is 12.5 Å². The molecule has 1 unspecified atom stereocenters. The smallest absolute Gasteiger partial charge is 0.270 e. The molecule has 1 aliphatic rings. The van der Waals surface area contributed by atoms with E-state index in [9.17, 15) is 18.5 Å². The number of sulfonamides is 1. The van der Waals surface area contributed by atoms with E-state index in [1.165, 1.54) is 18.2 Å². The molecule has 0 aromatic heterocycles. The summed E-state index contributed by atoms with van der Waals surface area (Å²) >= 11 is 0. The molecule has 28 heavy (non-hydrogen) atoms. The highest BCUT2D eigenvalue weighted by Crippen LogP contribution is 2.17. The van der Waals surface area contributed by atoms with E-state index in [1.54, 1.807) is 7.05 Å². The fourth-order valence-corrected chi connectivity index (χ4v) is 3.86. The van der Waals surface area contributed by atoms with Gasteiger partial charge in [0.2, 0.25) is 10.0 Å². The van der Waals surface area contributed by atoms with E-state index in [4.69, 9.17) is 4.74 Å². The van der Waals surface area contributed by atoms with E-state index in [1.807, 2.05) is 11.9 Å². The maximum Gasteiger partial charge on any atom is 0.270 e. The maximum atomic E-state index is 12.3. The van der Waals surface area contributed by atoms with Crippen LogP contribution in [0.1, 0.15) is 6.42 Å². The minimum Gasteiger partial charge on any atom is -0.381 e. The van der Waals surface area contributed by atoms with Crippen molar-refractivity contribution in [2.45, 2.75) is 11.3 Å². The molecule has 0 spiro atoms. The predicted molar refractivity (Wildman–Crippen MR) is 117 cm³/mol. The first-order valence-corrected chi connectivity index (χ1v) is 10.1. The molecule has 0 aliphatic carbocycles. The number of aliphatic imine (C=N–C) groups is 1. The second kappa shape index (κ2) is 11.5. The van der Waals surface area contributed by atoms with E-state index in [0.29, 0.717) is 18.4 Å². The highest BCUT2D eigenvalue weighted by atomic mass is 127. The van der Waals surface area contributed by atoms with Gasteiger partial charge in [-0.25, -0.2) is 13.1 Å². The number of nitro groups is 1. The van der Waals surface area contributed by atoms with Crippen LogP contribution in [0.3, 0.4) is 0 Å². The van der Waals surface area contributed by atoms with Crippen molar-refractivity contribution in [1.29, 1.82) is 0 Å². The van der Waals surface area contributed by atoms with Gasteiger partial charge in [0.15, 0.2) is 5.96 Å². The van der Waals surface area contributed by atoms with Gasteiger partial charge in [0, 0.05) is 58.4 Å². The lowest BCUT2D eigenvalue weighted by Gasteiger charge is -2.24. The first-order valence-electron chi connectivity index (χ1n) is 8.57. The molecule has 1 aromatic rings. The molecule has 2 N–H and O–H groups in total. The van der Waals surface area contributed by atoms with Gasteiger partial charge in [0.25, 0.3) is 5.69 Å². The Balaban J connectivity index is 0.00000392. The van der Waals surface area contributed by atoms with Crippen molar-refractivity contribution in [3.8, 4) is 0 Å². The molecule has 1 atom stereocenters. The molecule has 1 fully saturated rings. The van der Waals surface area contributed by atoms with Crippen molar-refractivity contribution in [2.24, 2.45) is 10.9 Å². The zero-order valence-electron chi connectivity index (χ0n) is 15.8. The maximum absolute atomic E-state index is 12.3. The third-order valence-corrected chi connectivity index (χ3v) is 5.63. The topological polar surface area (TPSA) is 126 Å². The van der Waals surface area contributed by atoms with Crippen LogP contribution in [0.25, 0.3) is 0 Å². The van der Waals surface area contributed by atoms with Crippen LogP contribution in [0, 0.1) is 16.0 Å². The Kier molecular flexibility index (Phi) is 10.1. The number of hydrogen-bond donors (Lipinski definition) is 2. The number of nitrogens with zero attached hydrogens (tertiary/aromatic N) is 3. The Morgan fingerprint density at radius 2 is 2.18 bits per heavy atom. The molecule has 2 rings (SSSR count). The number of rotatable bonds is 8. The van der Waals surface area contributed by atoms with E-state index in [0.717, 1.165) is 32.2 Å². The second-order valence-corrected chi connectivity index (χ2v) is 8.00. The van der Waals surface area contributed by atoms with E-state index < -0.39 is 14.9 Å². The Hall–Kier alpha value is -1.51. The largest absolute Gasteiger partial charge is 0.381 e. The molecule has 10 nitrogen and oxygen atoms in total. The molecule has 0 radical (unpaired) electrons. The van der Waals surface area contributed by atoms with E-state index in [2.05, 4.69) is 15.0 Å². The molecule has 12 heteroatoms. The SMILES string of the molecule is CN=C(NCCNS(=O)(=O)c1cccc([N+](=O)[O-])c1)N(C)CC1CCOC1.I. The lowest BCUT2D eigenvalue weighted by molar-refractivity contribution is -0.385. The van der Waals surface area contributed by atoms with Crippen LogP contribution in [-0.2, 0) is 14.8 Å². The number of nitrogens with one attached hydrogen (secondary N) is 2. The van der Waals surface area contributed by atoms with Crippen LogP contribution < -0.4 is 10.0 Å². The lowest BCUT2D eigenvalue weighted by Crippen LogP contribution is -2.44. The minimum atomic E-state index is -3.82. The summed E-state index contributed by atoms with van der Waals surface area (Å²) in [5.41, 5.74) is -0.270. The van der Waals surface area contributed by atoms with Crippen LogP contribution in [0.2, 0.25) is 0 Å². The van der Waals surface area contributed by atoms with Gasteiger partial charge in [0.1, 0.15) is 0 Å². The standard InChI is InChI=1S/C16H25N5O5S.HI/c1-17-16(20(2)11-13-6-9-26-12-13)18-7-8-19-27(24,25)15-5-3-4-14(10-15)21(22)23;/h3-5,10,13,19H,6-9,11-12H2,1-2H3,(H,17,18);1H. The van der Waals surface area contributed by atoms with Gasteiger partial charge in [-0.15, -0.1) is 24.0 Å². The first-order chi connectivity index (χ1) is 12.8. The summed E-state index contributed by atoms with van der Waals surface area (Å²) in [7, 11) is -0.243. The van der Waals surface area contributed by atoms with Crippen molar-refractivity contribution in [3.05, 3.63) is 34.4 Å². The van der Waals surface area contributed by atoms with Crippen molar-refractivity contribution in [1.82, 2.24) is 14.9 Å². The Bertz CT molecular complexity index is 783. The molecule has 0 amide bonds. The number of guanidine groups is 1. The lowest BCUT2D eigenvalue weighted by atomic mass is 10.1. The van der Waals surface area contributed by atoms with Gasteiger partial charge >= 0.3 is 0 Å². The van der Waals surface area contributed by atoms with Crippen LogP contribution in [0.5, 0.6) is 0 Å². The third-order valence-electron chi connectivity index (χ3n) is 4.17. The zero-order valence-corrected chi connectivity index (χ0v) is 19.0. The van der Waals surface area contributed by atoms with Gasteiger partial charge in [-0.3, -0.25) is 15.1 Å². The fourth-order valence-electron chi connectivity index (χ4n) is 2.79. The summed E-state index contributed by atoms with van der Waals surface area (Å²) in [6.07, 6.45) is 1.02. The number of nitro benzene ring substituents is 1. The first kappa shape index (κ1) is 24.5. The Morgan fingerprint density at radius 3 is 2.79 bits per heavy atom. The molecular formula is C16H26IN5O5S. The normalized spacial score (nSPS) is 17.1. The van der Waals surface area contributed by atoms with Crippen LogP contribution in [0.4, 0.5) is 5.69 Å². The average molecular weight is 527 g/mol. The summed E-state index contributed by atoms with van der Waals surface area (Å²) in [6, 6.07) is 4.94. The van der Waals surface area contributed by atoms with E-state index >= 15 is 0 Å². The van der Waals surface area contributed by atoms with Crippen LogP contribution in [-0.4, -0.2) is 71.1 Å². The molecule has 1 saturated heterocycles. The number of hydrogen-bond acceptors (Lipinski definition) is 6. The van der Waals surface area contributed by atoms with E-state index in [-0.39, 0.29) is 41.1 Å². The molecule has 158 valence electrons. The zero-order chi connectivity index (χ0) is 19.9. The number of ether oxygens (including phenoxy) is 1. The molecular weight excluding hydrogens is 501 g/mol. The van der Waals surface area contributed by atoms with Gasteiger partial charge in [-0.2, -0.15) is 0 Å². The van der Waals surface area contributed by atoms with Gasteiger partial charge in [0.05, 0.1) is 16.4 Å². The fraction of sp³-hybridized carbons (Fsp3) is 0.562. The number of non-ortho nitro benzene ring substituents is 1. The summed E-state index contributed by atoms with van der Waals surface area (Å²) in [5, 5.41) is 13.9. The second-order valence-electron chi connectivity index (χ2n) is 6.24. The number of benzene rings is 1. The van der Waals surface area contributed by atoms with Crippen LogP contribution >= 0.6 is 24.0 Å². The molecule has 1 aliphatic heterocycles. The monoisotopic (exact) mass is 527 g/mol. The molecule has 0 saturated carbocycles. The van der Waals surface area contributed by atoms with Gasteiger partial charge < -0.3 is 15.0 Å². The molecule has 1 aromatic carbocycles. The Morgan fingerprint density at radius 1 is 1.43 bits per heavy atom. The highest BCUT2D eigenvalue weighted by Gasteiger charge is 2.20. The minimum absolute atomic E-state index is 0. The van der Waals surface area contributed by atoms with Gasteiger partial charge in [-0.1, -0.05) is 6.07 Å². The third kappa shape index (κ3) is 7.14. The summed E-state index contributed by atoms with van der Waals surface area (Å²) in [5.74, 6) is 1.12. The van der Waals surface area contributed by atoms with Crippen LogP contribution in [0.15, 0.2) is 34.2 Å². The summed E-state index contributed by atoms with van der Waals surface area (Å²) in [4.78, 5) is 16.2. The van der Waals surface area contributed by atoms with Crippen molar-refractivity contribution in [2.75, 3.05) is 46.9 Å². The highest BCUT2D eigenvalue weighted by molar-refractivity contribution is 14.0.